The molecule has 1 aliphatic rings. The summed E-state index contributed by atoms with van der Waals surface area (Å²) in [5.74, 6) is 0.620. The van der Waals surface area contributed by atoms with E-state index in [4.69, 9.17) is 5.10 Å². The van der Waals surface area contributed by atoms with Crippen LogP contribution in [0.5, 0.6) is 5.75 Å². The normalized spacial score (nSPS) is 14.2. The summed E-state index contributed by atoms with van der Waals surface area (Å²) >= 11 is 0. The number of nitrogens with one attached hydrogen (secondary N) is 1. The van der Waals surface area contributed by atoms with E-state index in [2.05, 4.69) is 28.2 Å². The van der Waals surface area contributed by atoms with Gasteiger partial charge in [-0.2, -0.15) is 5.10 Å². The van der Waals surface area contributed by atoms with Crippen molar-refractivity contribution in [2.45, 2.75) is 51.5 Å². The fourth-order valence-electron chi connectivity index (χ4n) is 4.06. The molecule has 2 N–H and O–H groups in total. The van der Waals surface area contributed by atoms with Crippen molar-refractivity contribution in [3.05, 3.63) is 65.9 Å². The number of nitrogens with zero attached hydrogens (tertiary/aromatic N) is 2. The van der Waals surface area contributed by atoms with E-state index in [1.165, 1.54) is 36.9 Å². The summed E-state index contributed by atoms with van der Waals surface area (Å²) in [6, 6.07) is 17.6. The summed E-state index contributed by atoms with van der Waals surface area (Å²) in [7, 11) is 0. The molecule has 3 aromatic rings. The van der Waals surface area contributed by atoms with Gasteiger partial charge in [0.1, 0.15) is 5.75 Å². The Morgan fingerprint density at radius 3 is 2.62 bits per heavy atom. The minimum atomic E-state index is -0.0529. The van der Waals surface area contributed by atoms with Crippen LogP contribution in [0, 0.1) is 0 Å². The molecule has 5 nitrogen and oxygen atoms in total. The molecule has 0 atom stereocenters. The number of aromatic nitrogens is 2. The van der Waals surface area contributed by atoms with Crippen molar-refractivity contribution in [2.75, 3.05) is 5.32 Å². The van der Waals surface area contributed by atoms with Crippen molar-refractivity contribution in [2.24, 2.45) is 0 Å². The van der Waals surface area contributed by atoms with Crippen LogP contribution in [0.1, 0.15) is 56.2 Å². The van der Waals surface area contributed by atoms with Crippen LogP contribution in [0.4, 0.5) is 5.69 Å². The highest BCUT2D eigenvalue weighted by molar-refractivity contribution is 5.91. The molecule has 150 valence electrons. The number of phenolic OH excluding ortho intramolecular Hbond substituents is 1. The minimum absolute atomic E-state index is 0.0529. The van der Waals surface area contributed by atoms with E-state index in [9.17, 15) is 9.90 Å². The second-order valence-corrected chi connectivity index (χ2v) is 7.71. The first kappa shape index (κ1) is 19.2. The molecule has 2 aromatic carbocycles. The molecule has 0 bridgehead atoms. The lowest BCUT2D eigenvalue weighted by Crippen LogP contribution is -2.09. The second kappa shape index (κ2) is 8.52. The maximum atomic E-state index is 11.8. The number of hydrogen-bond donors (Lipinski definition) is 2. The van der Waals surface area contributed by atoms with Crippen LogP contribution in [0.15, 0.2) is 54.6 Å². The van der Waals surface area contributed by atoms with E-state index in [0.29, 0.717) is 30.1 Å². The highest BCUT2D eigenvalue weighted by Gasteiger charge is 2.23. The number of amides is 1. The zero-order valence-corrected chi connectivity index (χ0v) is 16.8. The van der Waals surface area contributed by atoms with Crippen LogP contribution < -0.4 is 5.32 Å². The van der Waals surface area contributed by atoms with Gasteiger partial charge in [0.25, 0.3) is 0 Å². The first-order valence-electron chi connectivity index (χ1n) is 10.4. The lowest BCUT2D eigenvalue weighted by atomic mass is 10.0. The molecule has 1 saturated carbocycles. The van der Waals surface area contributed by atoms with Crippen LogP contribution in [0.3, 0.4) is 0 Å². The highest BCUT2D eigenvalue weighted by atomic mass is 16.3. The molecule has 5 heteroatoms. The van der Waals surface area contributed by atoms with Gasteiger partial charge in [-0.1, -0.05) is 50.1 Å². The van der Waals surface area contributed by atoms with Crippen molar-refractivity contribution in [3.8, 4) is 17.0 Å². The van der Waals surface area contributed by atoms with Crippen LogP contribution in [0.2, 0.25) is 0 Å². The molecule has 29 heavy (non-hydrogen) atoms. The molecule has 0 spiro atoms. The Morgan fingerprint density at radius 1 is 1.14 bits per heavy atom. The van der Waals surface area contributed by atoms with Gasteiger partial charge in [0, 0.05) is 29.3 Å². The Balaban J connectivity index is 1.71. The molecule has 0 unspecified atom stereocenters. The smallest absolute Gasteiger partial charge is 0.224 e. The first-order chi connectivity index (χ1) is 14.1. The zero-order chi connectivity index (χ0) is 20.2. The largest absolute Gasteiger partial charge is 0.507 e. The van der Waals surface area contributed by atoms with Gasteiger partial charge in [-0.05, 0) is 42.7 Å². The molecular formula is C24H27N3O2. The van der Waals surface area contributed by atoms with E-state index < -0.39 is 0 Å². The van der Waals surface area contributed by atoms with Crippen molar-refractivity contribution >= 4 is 11.6 Å². The zero-order valence-electron chi connectivity index (χ0n) is 16.8. The third kappa shape index (κ3) is 4.34. The molecule has 1 aromatic heterocycles. The van der Waals surface area contributed by atoms with E-state index in [1.807, 2.05) is 25.1 Å². The molecule has 0 saturated heterocycles. The van der Waals surface area contributed by atoms with E-state index in [-0.39, 0.29) is 11.7 Å². The summed E-state index contributed by atoms with van der Waals surface area (Å²) in [5, 5.41) is 18.2. The van der Waals surface area contributed by atoms with Gasteiger partial charge < -0.3 is 10.4 Å². The van der Waals surface area contributed by atoms with Crippen LogP contribution >= 0.6 is 0 Å². The predicted molar refractivity (Wildman–Crippen MR) is 115 cm³/mol. The number of rotatable bonds is 6. The van der Waals surface area contributed by atoms with Crippen LogP contribution in [0.25, 0.3) is 11.3 Å². The molecular weight excluding hydrogens is 362 g/mol. The van der Waals surface area contributed by atoms with Gasteiger partial charge in [-0.25, -0.2) is 0 Å². The summed E-state index contributed by atoms with van der Waals surface area (Å²) < 4.78 is 2.08. The first-order valence-corrected chi connectivity index (χ1v) is 10.4. The predicted octanol–water partition coefficient (Wildman–Crippen LogP) is 5.31. The fraction of sp³-hybridized carbons (Fsp3) is 0.333. The number of phenols is 1. The SMILES string of the molecule is CCC(=O)Nc1ccc(O)c(-c2cc(C3CCCC3)n(Cc3ccccc3)n2)c1. The van der Waals surface area contributed by atoms with Gasteiger partial charge in [-0.15, -0.1) is 0 Å². The van der Waals surface area contributed by atoms with E-state index in [0.717, 1.165) is 5.69 Å². The Labute approximate surface area is 171 Å². The molecule has 4 rings (SSSR count). The number of benzene rings is 2. The van der Waals surface area contributed by atoms with Crippen molar-refractivity contribution in [1.82, 2.24) is 9.78 Å². The summed E-state index contributed by atoms with van der Waals surface area (Å²) in [6.07, 6.45) is 5.27. The lowest BCUT2D eigenvalue weighted by Gasteiger charge is -2.12. The minimum Gasteiger partial charge on any atom is -0.507 e. The van der Waals surface area contributed by atoms with Crippen molar-refractivity contribution in [1.29, 1.82) is 0 Å². The van der Waals surface area contributed by atoms with E-state index >= 15 is 0 Å². The average molecular weight is 389 g/mol. The number of aromatic hydroxyl groups is 1. The molecule has 1 aliphatic carbocycles. The van der Waals surface area contributed by atoms with Gasteiger partial charge in [0.15, 0.2) is 0 Å². The fourth-order valence-corrected chi connectivity index (χ4v) is 4.06. The maximum absolute atomic E-state index is 11.8. The highest BCUT2D eigenvalue weighted by Crippen LogP contribution is 2.38. The number of carbonyl (C=O) groups is 1. The van der Waals surface area contributed by atoms with E-state index in [1.54, 1.807) is 18.2 Å². The third-order valence-electron chi connectivity index (χ3n) is 5.64. The third-order valence-corrected chi connectivity index (χ3v) is 5.64. The van der Waals surface area contributed by atoms with Crippen molar-refractivity contribution < 1.29 is 9.90 Å². The molecule has 0 aliphatic heterocycles. The van der Waals surface area contributed by atoms with Gasteiger partial charge >= 0.3 is 0 Å². The van der Waals surface area contributed by atoms with Crippen LogP contribution in [-0.4, -0.2) is 20.8 Å². The summed E-state index contributed by atoms with van der Waals surface area (Å²) in [4.78, 5) is 11.8. The summed E-state index contributed by atoms with van der Waals surface area (Å²) in [5.41, 5.74) is 4.49. The monoisotopic (exact) mass is 389 g/mol. The summed E-state index contributed by atoms with van der Waals surface area (Å²) in [6.45, 7) is 2.52. The number of carbonyl (C=O) groups excluding carboxylic acids is 1. The molecule has 1 heterocycles. The Hall–Kier alpha value is -3.08. The molecule has 1 amide bonds. The van der Waals surface area contributed by atoms with Crippen LogP contribution in [-0.2, 0) is 11.3 Å². The van der Waals surface area contributed by atoms with Crippen molar-refractivity contribution in [3.63, 3.8) is 0 Å². The maximum Gasteiger partial charge on any atom is 0.224 e. The quantitative estimate of drug-likeness (QED) is 0.562. The van der Waals surface area contributed by atoms with Gasteiger partial charge in [0.2, 0.25) is 5.91 Å². The average Bonchev–Trinajstić information content (AvgIpc) is 3.40. The Kier molecular flexibility index (Phi) is 5.65. The molecule has 1 fully saturated rings. The standard InChI is InChI=1S/C24H27N3O2/c1-2-24(29)25-19-12-13-23(28)20(14-19)21-15-22(18-10-6-7-11-18)27(26-21)16-17-8-4-3-5-9-17/h3-5,8-9,12-15,18,28H,2,6-7,10-11,16H2,1H3,(H,25,29). The van der Waals surface area contributed by atoms with Gasteiger partial charge in [0.05, 0.1) is 12.2 Å². The number of hydrogen-bond acceptors (Lipinski definition) is 3. The second-order valence-electron chi connectivity index (χ2n) is 7.71. The molecule has 0 radical (unpaired) electrons. The number of anilines is 1. The van der Waals surface area contributed by atoms with Gasteiger partial charge in [-0.3, -0.25) is 9.48 Å². The lowest BCUT2D eigenvalue weighted by molar-refractivity contribution is -0.115. The topological polar surface area (TPSA) is 67.2 Å². The Bertz CT molecular complexity index is 989. The Morgan fingerprint density at radius 2 is 1.90 bits per heavy atom.